The molecular formula is C22H22N6O3. The predicted molar refractivity (Wildman–Crippen MR) is 113 cm³/mol. The van der Waals surface area contributed by atoms with Crippen LogP contribution in [0.15, 0.2) is 27.8 Å². The van der Waals surface area contributed by atoms with E-state index >= 15 is 0 Å². The van der Waals surface area contributed by atoms with Crippen LogP contribution in [0.25, 0.3) is 33.1 Å². The molecule has 4 aromatic rings. The van der Waals surface area contributed by atoms with E-state index in [-0.39, 0.29) is 6.10 Å². The molecule has 0 amide bonds. The van der Waals surface area contributed by atoms with Crippen molar-refractivity contribution in [3.63, 3.8) is 0 Å². The summed E-state index contributed by atoms with van der Waals surface area (Å²) < 4.78 is 19.0. The number of rotatable bonds is 4. The normalized spacial score (nSPS) is 17.0. The van der Waals surface area contributed by atoms with Gasteiger partial charge in [-0.05, 0) is 38.8 Å². The Labute approximate surface area is 177 Å². The van der Waals surface area contributed by atoms with E-state index in [9.17, 15) is 5.26 Å². The number of hydrogen-bond acceptors (Lipinski definition) is 7. The van der Waals surface area contributed by atoms with Gasteiger partial charge in [0, 0.05) is 17.6 Å². The van der Waals surface area contributed by atoms with Crippen LogP contribution in [-0.4, -0.2) is 39.5 Å². The first-order valence-electron chi connectivity index (χ1n) is 10.2. The van der Waals surface area contributed by atoms with Gasteiger partial charge < -0.3 is 23.5 Å². The number of aromatic amines is 1. The maximum absolute atomic E-state index is 9.19. The topological polar surface area (TPSA) is 114 Å². The molecule has 1 N–H and O–H groups in total. The SMILES string of the molecule is COc1cc2c(cc1-c1c(C)noc1C)ncc1[nH]c(=NC#N)n(CC3CCCO3)c12. The lowest BCUT2D eigenvalue weighted by Crippen LogP contribution is -2.25. The molecule has 1 saturated heterocycles. The fourth-order valence-corrected chi connectivity index (χ4v) is 4.42. The van der Waals surface area contributed by atoms with Gasteiger partial charge in [-0.1, -0.05) is 5.16 Å². The lowest BCUT2D eigenvalue weighted by atomic mass is 10.0. The zero-order valence-electron chi connectivity index (χ0n) is 17.6. The van der Waals surface area contributed by atoms with E-state index in [1.54, 1.807) is 13.3 Å². The minimum Gasteiger partial charge on any atom is -0.496 e. The second-order valence-corrected chi connectivity index (χ2v) is 7.70. The zero-order valence-corrected chi connectivity index (χ0v) is 17.6. The molecule has 9 heteroatoms. The third kappa shape index (κ3) is 3.16. The van der Waals surface area contributed by atoms with Gasteiger partial charge in [-0.3, -0.25) is 4.98 Å². The van der Waals surface area contributed by atoms with E-state index in [2.05, 4.69) is 20.1 Å². The second kappa shape index (κ2) is 7.56. The number of benzene rings is 1. The fraction of sp³-hybridized carbons (Fsp3) is 0.364. The highest BCUT2D eigenvalue weighted by atomic mass is 16.5. The quantitative estimate of drug-likeness (QED) is 0.508. The number of pyridine rings is 1. The summed E-state index contributed by atoms with van der Waals surface area (Å²) in [5, 5.41) is 14.2. The van der Waals surface area contributed by atoms with Crippen molar-refractivity contribution < 1.29 is 14.0 Å². The number of H-pyrrole nitrogens is 1. The van der Waals surface area contributed by atoms with Crippen molar-refractivity contribution in [1.82, 2.24) is 19.7 Å². The molecule has 5 rings (SSSR count). The highest BCUT2D eigenvalue weighted by molar-refractivity contribution is 6.04. The number of ether oxygens (including phenoxy) is 2. The summed E-state index contributed by atoms with van der Waals surface area (Å²) in [6, 6.07) is 3.96. The summed E-state index contributed by atoms with van der Waals surface area (Å²) in [4.78, 5) is 11.9. The van der Waals surface area contributed by atoms with E-state index < -0.39 is 0 Å². The van der Waals surface area contributed by atoms with Crippen molar-refractivity contribution >= 4 is 21.9 Å². The molecule has 0 spiro atoms. The number of nitrogens with one attached hydrogen (secondary N) is 1. The maximum atomic E-state index is 9.19. The third-order valence-corrected chi connectivity index (χ3v) is 5.80. The molecule has 31 heavy (non-hydrogen) atoms. The van der Waals surface area contributed by atoms with E-state index in [1.807, 2.05) is 36.7 Å². The number of fused-ring (bicyclic) bond motifs is 3. The molecular weight excluding hydrogens is 396 g/mol. The van der Waals surface area contributed by atoms with Crippen LogP contribution >= 0.6 is 0 Å². The Morgan fingerprint density at radius 2 is 2.26 bits per heavy atom. The van der Waals surface area contributed by atoms with Crippen molar-refractivity contribution in [2.75, 3.05) is 13.7 Å². The summed E-state index contributed by atoms with van der Waals surface area (Å²) in [5.74, 6) is 1.42. The van der Waals surface area contributed by atoms with Crippen LogP contribution in [-0.2, 0) is 11.3 Å². The standard InChI is InChI=1S/C22H22N6O3/c1-12-20(13(2)31-27-12)16-7-17-15(8-19(16)29-3)21-18(9-24-17)26-22(25-11-23)28(21)10-14-5-4-6-30-14/h7-9,14H,4-6,10H2,1-3H3,(H,25,26). The number of methoxy groups -OCH3 is 1. The molecule has 3 aromatic heterocycles. The Morgan fingerprint density at radius 3 is 2.94 bits per heavy atom. The molecule has 0 radical (unpaired) electrons. The van der Waals surface area contributed by atoms with Gasteiger partial charge in [0.15, 0.2) is 0 Å². The number of hydrogen-bond donors (Lipinski definition) is 1. The first kappa shape index (κ1) is 19.3. The van der Waals surface area contributed by atoms with E-state index in [1.165, 1.54) is 0 Å². The van der Waals surface area contributed by atoms with Crippen LogP contribution in [0.3, 0.4) is 0 Å². The van der Waals surface area contributed by atoms with Crippen LogP contribution in [0.2, 0.25) is 0 Å². The summed E-state index contributed by atoms with van der Waals surface area (Å²) in [7, 11) is 1.64. The number of nitrogens with zero attached hydrogens (tertiary/aromatic N) is 5. The third-order valence-electron chi connectivity index (χ3n) is 5.80. The highest BCUT2D eigenvalue weighted by Crippen LogP contribution is 2.38. The van der Waals surface area contributed by atoms with Gasteiger partial charge >= 0.3 is 0 Å². The van der Waals surface area contributed by atoms with Gasteiger partial charge in [-0.15, -0.1) is 4.99 Å². The van der Waals surface area contributed by atoms with Crippen LogP contribution < -0.4 is 10.4 Å². The van der Waals surface area contributed by atoms with Crippen molar-refractivity contribution in [3.8, 4) is 23.1 Å². The highest BCUT2D eigenvalue weighted by Gasteiger charge is 2.22. The Bertz CT molecular complexity index is 1380. The second-order valence-electron chi connectivity index (χ2n) is 7.70. The van der Waals surface area contributed by atoms with Gasteiger partial charge in [0.2, 0.25) is 11.8 Å². The molecule has 1 aliphatic heterocycles. The summed E-state index contributed by atoms with van der Waals surface area (Å²) in [6.07, 6.45) is 5.76. The van der Waals surface area contributed by atoms with Gasteiger partial charge in [0.1, 0.15) is 11.5 Å². The van der Waals surface area contributed by atoms with Crippen molar-refractivity contribution in [2.45, 2.75) is 39.3 Å². The van der Waals surface area contributed by atoms with Crippen LogP contribution in [0, 0.1) is 25.3 Å². The van der Waals surface area contributed by atoms with E-state index in [0.717, 1.165) is 64.0 Å². The van der Waals surface area contributed by atoms with Gasteiger partial charge in [0.25, 0.3) is 0 Å². The summed E-state index contributed by atoms with van der Waals surface area (Å²) in [5.41, 5.74) is 5.57. The molecule has 158 valence electrons. The lowest BCUT2D eigenvalue weighted by molar-refractivity contribution is 0.0970. The summed E-state index contributed by atoms with van der Waals surface area (Å²) in [6.45, 7) is 5.15. The average molecular weight is 418 g/mol. The first-order valence-corrected chi connectivity index (χ1v) is 10.2. The Morgan fingerprint density at radius 1 is 1.39 bits per heavy atom. The molecule has 1 fully saturated rings. The minimum atomic E-state index is 0.0864. The molecule has 1 unspecified atom stereocenters. The number of nitriles is 1. The van der Waals surface area contributed by atoms with E-state index in [0.29, 0.717) is 17.9 Å². The molecule has 1 aliphatic rings. The Hall–Kier alpha value is -3.64. The molecule has 9 nitrogen and oxygen atoms in total. The predicted octanol–water partition coefficient (Wildman–Crippen LogP) is 3.36. The summed E-state index contributed by atoms with van der Waals surface area (Å²) >= 11 is 0. The fourth-order valence-electron chi connectivity index (χ4n) is 4.42. The Kier molecular flexibility index (Phi) is 4.71. The Balaban J connectivity index is 1.80. The van der Waals surface area contributed by atoms with Crippen molar-refractivity contribution in [1.29, 1.82) is 5.26 Å². The van der Waals surface area contributed by atoms with Crippen molar-refractivity contribution in [2.24, 2.45) is 4.99 Å². The van der Waals surface area contributed by atoms with E-state index in [4.69, 9.17) is 14.0 Å². The maximum Gasteiger partial charge on any atom is 0.219 e. The molecule has 4 heterocycles. The largest absolute Gasteiger partial charge is 0.496 e. The average Bonchev–Trinajstić information content (AvgIpc) is 3.48. The monoisotopic (exact) mass is 418 g/mol. The van der Waals surface area contributed by atoms with Gasteiger partial charge in [-0.25, -0.2) is 0 Å². The number of aryl methyl sites for hydroxylation is 2. The first-order chi connectivity index (χ1) is 15.1. The van der Waals surface area contributed by atoms with Crippen LogP contribution in [0.4, 0.5) is 0 Å². The molecule has 0 saturated carbocycles. The van der Waals surface area contributed by atoms with Crippen molar-refractivity contribution in [3.05, 3.63) is 35.4 Å². The lowest BCUT2D eigenvalue weighted by Gasteiger charge is -2.14. The molecule has 1 atom stereocenters. The van der Waals surface area contributed by atoms with Crippen LogP contribution in [0.5, 0.6) is 5.75 Å². The minimum absolute atomic E-state index is 0.0864. The molecule has 1 aromatic carbocycles. The smallest absolute Gasteiger partial charge is 0.219 e. The van der Waals surface area contributed by atoms with Crippen LogP contribution in [0.1, 0.15) is 24.3 Å². The molecule has 0 aliphatic carbocycles. The number of imidazole rings is 1. The van der Waals surface area contributed by atoms with Gasteiger partial charge in [-0.2, -0.15) is 5.26 Å². The van der Waals surface area contributed by atoms with Gasteiger partial charge in [0.05, 0.1) is 53.8 Å². The zero-order chi connectivity index (χ0) is 21.5. The molecule has 0 bridgehead atoms. The number of aromatic nitrogens is 4.